The molecule has 2 aliphatic rings. The Kier molecular flexibility index (Phi) is 5.75. The Labute approximate surface area is 168 Å². The lowest BCUT2D eigenvalue weighted by molar-refractivity contribution is 0.198. The molecule has 3 nitrogen and oxygen atoms in total. The SMILES string of the molecule is COc1ccc(CC[C@H]2CCc3cc([C@H]4CC[C@](N)(CO)C4)ccc3C2)cc1. The fraction of sp³-hybridized carbons (Fsp3) is 0.520. The fourth-order valence-corrected chi connectivity index (χ4v) is 5.10. The minimum absolute atomic E-state index is 0.102. The Hall–Kier alpha value is -1.84. The molecule has 2 aromatic carbocycles. The minimum Gasteiger partial charge on any atom is -0.497 e. The van der Waals surface area contributed by atoms with Crippen LogP contribution in [0.3, 0.4) is 0 Å². The number of methoxy groups -OCH3 is 1. The van der Waals surface area contributed by atoms with Crippen LogP contribution in [0.1, 0.15) is 60.3 Å². The molecule has 1 fully saturated rings. The van der Waals surface area contributed by atoms with Crippen LogP contribution in [0.5, 0.6) is 5.75 Å². The fourth-order valence-electron chi connectivity index (χ4n) is 5.10. The molecule has 0 aromatic heterocycles. The van der Waals surface area contributed by atoms with Crippen molar-refractivity contribution in [3.63, 3.8) is 0 Å². The van der Waals surface area contributed by atoms with Gasteiger partial charge < -0.3 is 15.6 Å². The highest BCUT2D eigenvalue weighted by Crippen LogP contribution is 2.40. The molecule has 28 heavy (non-hydrogen) atoms. The van der Waals surface area contributed by atoms with Crippen molar-refractivity contribution in [2.45, 2.75) is 62.8 Å². The number of aliphatic hydroxyl groups is 1. The normalized spacial score (nSPS) is 26.8. The van der Waals surface area contributed by atoms with Gasteiger partial charge in [-0.25, -0.2) is 0 Å². The van der Waals surface area contributed by atoms with Crippen LogP contribution in [0.4, 0.5) is 0 Å². The summed E-state index contributed by atoms with van der Waals surface area (Å²) in [5, 5.41) is 9.54. The third kappa shape index (κ3) is 4.26. The topological polar surface area (TPSA) is 55.5 Å². The molecular formula is C25H33NO2. The average Bonchev–Trinajstić information content (AvgIpc) is 3.15. The molecule has 0 spiro atoms. The van der Waals surface area contributed by atoms with E-state index in [0.29, 0.717) is 5.92 Å². The number of aryl methyl sites for hydroxylation is 2. The van der Waals surface area contributed by atoms with Gasteiger partial charge in [-0.05, 0) is 97.6 Å². The van der Waals surface area contributed by atoms with Gasteiger partial charge in [-0.2, -0.15) is 0 Å². The van der Waals surface area contributed by atoms with Crippen LogP contribution in [-0.4, -0.2) is 24.4 Å². The summed E-state index contributed by atoms with van der Waals surface area (Å²) in [6.07, 6.45) is 9.01. The predicted molar refractivity (Wildman–Crippen MR) is 114 cm³/mol. The Bertz CT molecular complexity index is 801. The number of benzene rings is 2. The molecule has 2 aromatic rings. The van der Waals surface area contributed by atoms with E-state index in [4.69, 9.17) is 10.5 Å². The quantitative estimate of drug-likeness (QED) is 0.783. The van der Waals surface area contributed by atoms with Gasteiger partial charge in [0.15, 0.2) is 0 Å². The lowest BCUT2D eigenvalue weighted by atomic mass is 9.79. The second-order valence-corrected chi connectivity index (χ2v) is 8.98. The van der Waals surface area contributed by atoms with Gasteiger partial charge in [-0.15, -0.1) is 0 Å². The van der Waals surface area contributed by atoms with Crippen molar-refractivity contribution in [2.75, 3.05) is 13.7 Å². The van der Waals surface area contributed by atoms with Crippen molar-refractivity contribution in [3.05, 3.63) is 64.7 Å². The number of aliphatic hydroxyl groups excluding tert-OH is 1. The summed E-state index contributed by atoms with van der Waals surface area (Å²) in [5.41, 5.74) is 11.8. The first kappa shape index (κ1) is 19.5. The maximum Gasteiger partial charge on any atom is 0.118 e. The largest absolute Gasteiger partial charge is 0.497 e. The monoisotopic (exact) mass is 379 g/mol. The van der Waals surface area contributed by atoms with Crippen LogP contribution in [0.15, 0.2) is 42.5 Å². The molecule has 1 saturated carbocycles. The van der Waals surface area contributed by atoms with Crippen LogP contribution < -0.4 is 10.5 Å². The molecule has 0 radical (unpaired) electrons. The van der Waals surface area contributed by atoms with Crippen LogP contribution in [0.2, 0.25) is 0 Å². The molecule has 0 amide bonds. The molecule has 0 saturated heterocycles. The van der Waals surface area contributed by atoms with Gasteiger partial charge in [0.2, 0.25) is 0 Å². The third-order valence-electron chi connectivity index (χ3n) is 6.99. The number of hydrogen-bond acceptors (Lipinski definition) is 3. The minimum atomic E-state index is -0.368. The van der Waals surface area contributed by atoms with Crippen molar-refractivity contribution in [1.82, 2.24) is 0 Å². The summed E-state index contributed by atoms with van der Waals surface area (Å²) in [4.78, 5) is 0. The van der Waals surface area contributed by atoms with E-state index in [-0.39, 0.29) is 12.1 Å². The van der Waals surface area contributed by atoms with E-state index in [0.717, 1.165) is 37.4 Å². The van der Waals surface area contributed by atoms with Gasteiger partial charge in [0, 0.05) is 5.54 Å². The number of fused-ring (bicyclic) bond motifs is 1. The highest BCUT2D eigenvalue weighted by Gasteiger charge is 2.36. The highest BCUT2D eigenvalue weighted by molar-refractivity contribution is 5.37. The molecule has 0 heterocycles. The summed E-state index contributed by atoms with van der Waals surface area (Å²) >= 11 is 0. The van der Waals surface area contributed by atoms with Crippen LogP contribution in [-0.2, 0) is 19.3 Å². The molecule has 2 aliphatic carbocycles. The molecule has 0 aliphatic heterocycles. The summed E-state index contributed by atoms with van der Waals surface area (Å²) in [6.45, 7) is 0.102. The van der Waals surface area contributed by atoms with Crippen LogP contribution in [0.25, 0.3) is 0 Å². The molecule has 0 unspecified atom stereocenters. The van der Waals surface area contributed by atoms with E-state index in [1.807, 2.05) is 0 Å². The molecule has 3 atom stereocenters. The van der Waals surface area contributed by atoms with Crippen LogP contribution in [0, 0.1) is 5.92 Å². The molecule has 0 bridgehead atoms. The first-order valence-corrected chi connectivity index (χ1v) is 10.7. The van der Waals surface area contributed by atoms with E-state index in [1.165, 1.54) is 47.9 Å². The number of hydrogen-bond donors (Lipinski definition) is 2. The third-order valence-corrected chi connectivity index (χ3v) is 6.99. The zero-order valence-electron chi connectivity index (χ0n) is 17.0. The van der Waals surface area contributed by atoms with Gasteiger partial charge in [0.25, 0.3) is 0 Å². The zero-order valence-corrected chi connectivity index (χ0v) is 17.0. The lowest BCUT2D eigenvalue weighted by Crippen LogP contribution is -2.40. The maximum absolute atomic E-state index is 9.54. The van der Waals surface area contributed by atoms with E-state index in [9.17, 15) is 5.11 Å². The van der Waals surface area contributed by atoms with Crippen molar-refractivity contribution >= 4 is 0 Å². The van der Waals surface area contributed by atoms with E-state index >= 15 is 0 Å². The standard InChI is InChI=1S/C25H33NO2/c1-28-24-10-5-18(6-11-24)2-3-19-4-7-21-15-22(9-8-20(21)14-19)23-12-13-25(26,16-23)17-27/h5-6,8-11,15,19,23,27H,2-4,7,12-14,16-17,26H2,1H3/t19-,23-,25+/m0/s1. The van der Waals surface area contributed by atoms with Crippen molar-refractivity contribution in [1.29, 1.82) is 0 Å². The number of rotatable bonds is 6. The van der Waals surface area contributed by atoms with E-state index in [1.54, 1.807) is 7.11 Å². The van der Waals surface area contributed by atoms with Gasteiger partial charge in [0.05, 0.1) is 13.7 Å². The Morgan fingerprint density at radius 3 is 2.64 bits per heavy atom. The summed E-state index contributed by atoms with van der Waals surface area (Å²) in [7, 11) is 1.71. The molecule has 3 N–H and O–H groups in total. The second kappa shape index (κ2) is 8.26. The van der Waals surface area contributed by atoms with Gasteiger partial charge in [0.1, 0.15) is 5.75 Å². The van der Waals surface area contributed by atoms with Crippen molar-refractivity contribution in [3.8, 4) is 5.75 Å². The average molecular weight is 380 g/mol. The summed E-state index contributed by atoms with van der Waals surface area (Å²) in [5.74, 6) is 2.22. The Morgan fingerprint density at radius 1 is 1.11 bits per heavy atom. The predicted octanol–water partition coefficient (Wildman–Crippen LogP) is 4.39. The second-order valence-electron chi connectivity index (χ2n) is 8.98. The Morgan fingerprint density at radius 2 is 1.93 bits per heavy atom. The van der Waals surface area contributed by atoms with Gasteiger partial charge in [-0.1, -0.05) is 30.3 Å². The maximum atomic E-state index is 9.54. The molecule has 4 rings (SSSR count). The molecular weight excluding hydrogens is 346 g/mol. The zero-order chi connectivity index (χ0) is 19.6. The van der Waals surface area contributed by atoms with Crippen LogP contribution >= 0.6 is 0 Å². The first-order valence-electron chi connectivity index (χ1n) is 10.7. The van der Waals surface area contributed by atoms with Crippen molar-refractivity contribution in [2.24, 2.45) is 11.7 Å². The smallest absolute Gasteiger partial charge is 0.118 e. The van der Waals surface area contributed by atoms with E-state index < -0.39 is 0 Å². The molecule has 3 heteroatoms. The first-order chi connectivity index (χ1) is 13.6. The number of nitrogens with two attached hydrogens (primary N) is 1. The number of ether oxygens (including phenoxy) is 1. The van der Waals surface area contributed by atoms with E-state index in [2.05, 4.69) is 42.5 Å². The molecule has 150 valence electrons. The Balaban J connectivity index is 1.35. The lowest BCUT2D eigenvalue weighted by Gasteiger charge is -2.26. The van der Waals surface area contributed by atoms with Crippen molar-refractivity contribution < 1.29 is 9.84 Å². The highest BCUT2D eigenvalue weighted by atomic mass is 16.5. The van der Waals surface area contributed by atoms with Gasteiger partial charge >= 0.3 is 0 Å². The summed E-state index contributed by atoms with van der Waals surface area (Å²) in [6, 6.07) is 15.6. The van der Waals surface area contributed by atoms with Gasteiger partial charge in [-0.3, -0.25) is 0 Å². The summed E-state index contributed by atoms with van der Waals surface area (Å²) < 4.78 is 5.25.